The summed E-state index contributed by atoms with van der Waals surface area (Å²) in [5.74, 6) is -0.767. The second kappa shape index (κ2) is 5.99. The molecule has 0 aliphatic rings. The molecule has 1 nitrogen and oxygen atoms in total. The average molecular weight is 347 g/mol. The number of hydrogen-bond acceptors (Lipinski definition) is 1. The fourth-order valence-corrected chi connectivity index (χ4v) is 2.42. The highest BCUT2D eigenvalue weighted by atomic mass is 79.9. The first-order valence-corrected chi connectivity index (χ1v) is 6.79. The van der Waals surface area contributed by atoms with Crippen molar-refractivity contribution >= 4 is 27.5 Å². The molecular weight excluding hydrogens is 336 g/mol. The van der Waals surface area contributed by atoms with Crippen molar-refractivity contribution in [2.45, 2.75) is 12.5 Å². The molecular formula is C14H11BrClF2N. The Labute approximate surface area is 123 Å². The first-order chi connectivity index (χ1) is 8.97. The van der Waals surface area contributed by atoms with Crippen molar-refractivity contribution in [3.05, 3.63) is 68.7 Å². The lowest BCUT2D eigenvalue weighted by Crippen LogP contribution is -2.15. The Kier molecular flexibility index (Phi) is 4.55. The van der Waals surface area contributed by atoms with Crippen LogP contribution in [-0.2, 0) is 6.42 Å². The van der Waals surface area contributed by atoms with E-state index < -0.39 is 11.9 Å². The Hall–Kier alpha value is -0.970. The Morgan fingerprint density at radius 2 is 1.84 bits per heavy atom. The molecule has 0 amide bonds. The SMILES string of the molecule is NC(Cc1ccc(F)c(Br)c1)c1ccc(Cl)cc1F. The van der Waals surface area contributed by atoms with E-state index >= 15 is 0 Å². The van der Waals surface area contributed by atoms with Crippen LogP contribution in [-0.4, -0.2) is 0 Å². The monoisotopic (exact) mass is 345 g/mol. The molecule has 0 bridgehead atoms. The van der Waals surface area contributed by atoms with E-state index in [-0.39, 0.29) is 5.82 Å². The van der Waals surface area contributed by atoms with E-state index in [9.17, 15) is 8.78 Å². The zero-order valence-corrected chi connectivity index (χ0v) is 12.2. The molecule has 1 atom stereocenters. The van der Waals surface area contributed by atoms with Gasteiger partial charge in [0.15, 0.2) is 0 Å². The zero-order valence-electron chi connectivity index (χ0n) is 9.84. The molecule has 0 radical (unpaired) electrons. The molecule has 100 valence electrons. The maximum atomic E-state index is 13.7. The fraction of sp³-hybridized carbons (Fsp3) is 0.143. The van der Waals surface area contributed by atoms with Gasteiger partial charge in [-0.1, -0.05) is 23.7 Å². The Balaban J connectivity index is 2.20. The van der Waals surface area contributed by atoms with Gasteiger partial charge in [-0.3, -0.25) is 0 Å². The van der Waals surface area contributed by atoms with Crippen LogP contribution in [0.1, 0.15) is 17.2 Å². The standard InChI is InChI=1S/C14H11BrClF2N/c15-11-5-8(1-4-12(11)17)6-14(19)10-3-2-9(16)7-13(10)18/h1-5,7,14H,6,19H2. The summed E-state index contributed by atoms with van der Waals surface area (Å²) in [6.45, 7) is 0. The van der Waals surface area contributed by atoms with Crippen molar-refractivity contribution in [3.63, 3.8) is 0 Å². The lowest BCUT2D eigenvalue weighted by Gasteiger charge is -2.13. The van der Waals surface area contributed by atoms with Crippen LogP contribution in [0.2, 0.25) is 5.02 Å². The number of halogens is 4. The quantitative estimate of drug-likeness (QED) is 0.862. The van der Waals surface area contributed by atoms with E-state index in [0.717, 1.165) is 5.56 Å². The molecule has 5 heteroatoms. The number of rotatable bonds is 3. The third kappa shape index (κ3) is 3.53. The van der Waals surface area contributed by atoms with Crippen molar-refractivity contribution < 1.29 is 8.78 Å². The molecule has 1 unspecified atom stereocenters. The van der Waals surface area contributed by atoms with Crippen molar-refractivity contribution in [1.82, 2.24) is 0 Å². The van der Waals surface area contributed by atoms with E-state index in [4.69, 9.17) is 17.3 Å². The van der Waals surface area contributed by atoms with Crippen molar-refractivity contribution in [3.8, 4) is 0 Å². The highest BCUT2D eigenvalue weighted by Gasteiger charge is 2.13. The predicted molar refractivity (Wildman–Crippen MR) is 76.1 cm³/mol. The van der Waals surface area contributed by atoms with E-state index in [1.165, 1.54) is 12.1 Å². The van der Waals surface area contributed by atoms with Gasteiger partial charge in [-0.15, -0.1) is 0 Å². The van der Waals surface area contributed by atoms with Crippen molar-refractivity contribution in [2.24, 2.45) is 5.73 Å². The van der Waals surface area contributed by atoms with Crippen LogP contribution in [0.4, 0.5) is 8.78 Å². The van der Waals surface area contributed by atoms with Gasteiger partial charge in [0.05, 0.1) is 4.47 Å². The predicted octanol–water partition coefficient (Wildman–Crippen LogP) is 4.62. The van der Waals surface area contributed by atoms with Gasteiger partial charge >= 0.3 is 0 Å². The molecule has 2 N–H and O–H groups in total. The van der Waals surface area contributed by atoms with Crippen LogP contribution in [0.5, 0.6) is 0 Å². The molecule has 19 heavy (non-hydrogen) atoms. The molecule has 2 aromatic carbocycles. The Morgan fingerprint density at radius 1 is 1.11 bits per heavy atom. The maximum absolute atomic E-state index is 13.7. The molecule has 0 aliphatic heterocycles. The highest BCUT2D eigenvalue weighted by molar-refractivity contribution is 9.10. The van der Waals surface area contributed by atoms with Gasteiger partial charge in [0.25, 0.3) is 0 Å². The van der Waals surface area contributed by atoms with Crippen LogP contribution in [0.3, 0.4) is 0 Å². The minimum absolute atomic E-state index is 0.331. The van der Waals surface area contributed by atoms with Crippen LogP contribution in [0.15, 0.2) is 40.9 Å². The van der Waals surface area contributed by atoms with Gasteiger partial charge in [0.1, 0.15) is 11.6 Å². The number of hydrogen-bond donors (Lipinski definition) is 1. The summed E-state index contributed by atoms with van der Waals surface area (Å²) in [6.07, 6.45) is 0.414. The lowest BCUT2D eigenvalue weighted by molar-refractivity contribution is 0.579. The third-order valence-electron chi connectivity index (χ3n) is 2.80. The molecule has 2 rings (SSSR count). The minimum atomic E-state index is -0.505. The summed E-state index contributed by atoms with van der Waals surface area (Å²) < 4.78 is 27.2. The average Bonchev–Trinajstić information content (AvgIpc) is 2.33. The summed E-state index contributed by atoms with van der Waals surface area (Å²) in [6, 6.07) is 8.52. The highest BCUT2D eigenvalue weighted by Crippen LogP contribution is 2.24. The largest absolute Gasteiger partial charge is 0.324 e. The molecule has 0 heterocycles. The van der Waals surface area contributed by atoms with Crippen molar-refractivity contribution in [1.29, 1.82) is 0 Å². The van der Waals surface area contributed by atoms with Crippen molar-refractivity contribution in [2.75, 3.05) is 0 Å². The second-order valence-electron chi connectivity index (χ2n) is 4.22. The molecule has 0 spiro atoms. The van der Waals surface area contributed by atoms with Crippen LogP contribution < -0.4 is 5.73 Å². The van der Waals surface area contributed by atoms with Gasteiger partial charge in [0, 0.05) is 16.6 Å². The fourth-order valence-electron chi connectivity index (χ4n) is 1.83. The Morgan fingerprint density at radius 3 is 2.47 bits per heavy atom. The maximum Gasteiger partial charge on any atom is 0.137 e. The molecule has 0 saturated heterocycles. The zero-order chi connectivity index (χ0) is 14.0. The molecule has 0 fully saturated rings. The first-order valence-electron chi connectivity index (χ1n) is 5.62. The normalized spacial score (nSPS) is 12.5. The summed E-state index contributed by atoms with van der Waals surface area (Å²) in [5, 5.41) is 0.331. The summed E-state index contributed by atoms with van der Waals surface area (Å²) in [7, 11) is 0. The van der Waals surface area contributed by atoms with E-state index in [1.54, 1.807) is 24.3 Å². The van der Waals surface area contributed by atoms with E-state index in [2.05, 4.69) is 15.9 Å². The van der Waals surface area contributed by atoms with Gasteiger partial charge in [-0.2, -0.15) is 0 Å². The van der Waals surface area contributed by atoms with Gasteiger partial charge in [-0.05, 0) is 52.2 Å². The van der Waals surface area contributed by atoms with Gasteiger partial charge < -0.3 is 5.73 Å². The molecule has 2 aromatic rings. The lowest BCUT2D eigenvalue weighted by atomic mass is 9.99. The van der Waals surface area contributed by atoms with Gasteiger partial charge in [0.2, 0.25) is 0 Å². The van der Waals surface area contributed by atoms with E-state index in [1.807, 2.05) is 0 Å². The Bertz CT molecular complexity index is 604. The van der Waals surface area contributed by atoms with E-state index in [0.29, 0.717) is 21.5 Å². The first kappa shape index (κ1) is 14.4. The number of nitrogens with two attached hydrogens (primary N) is 1. The minimum Gasteiger partial charge on any atom is -0.324 e. The summed E-state index contributed by atoms with van der Waals surface area (Å²) in [5.41, 5.74) is 7.20. The third-order valence-corrected chi connectivity index (χ3v) is 3.64. The topological polar surface area (TPSA) is 26.0 Å². The number of benzene rings is 2. The van der Waals surface area contributed by atoms with Gasteiger partial charge in [-0.25, -0.2) is 8.78 Å². The molecule has 0 saturated carbocycles. The smallest absolute Gasteiger partial charge is 0.137 e. The summed E-state index contributed by atoms with van der Waals surface area (Å²) >= 11 is 8.80. The van der Waals surface area contributed by atoms with Crippen LogP contribution in [0.25, 0.3) is 0 Å². The van der Waals surface area contributed by atoms with Crippen LogP contribution in [0, 0.1) is 11.6 Å². The van der Waals surface area contributed by atoms with Crippen LogP contribution >= 0.6 is 27.5 Å². The molecule has 0 aliphatic carbocycles. The second-order valence-corrected chi connectivity index (χ2v) is 5.52. The molecule has 0 aromatic heterocycles. The summed E-state index contributed by atoms with van der Waals surface area (Å²) in [4.78, 5) is 0.